The van der Waals surface area contributed by atoms with E-state index in [1.165, 1.54) is 12.8 Å². The summed E-state index contributed by atoms with van der Waals surface area (Å²) in [4.78, 5) is 33.7. The fourth-order valence-corrected chi connectivity index (χ4v) is 5.69. The third-order valence-corrected chi connectivity index (χ3v) is 8.18. The molecule has 4 heterocycles. The van der Waals surface area contributed by atoms with Crippen molar-refractivity contribution in [1.29, 1.82) is 0 Å². The molecule has 1 amide bonds. The number of halogens is 3. The molecule has 0 spiro atoms. The van der Waals surface area contributed by atoms with E-state index >= 15 is 0 Å². The van der Waals surface area contributed by atoms with E-state index < -0.39 is 22.2 Å². The summed E-state index contributed by atoms with van der Waals surface area (Å²) in [6.07, 6.45) is 6.24. The monoisotopic (exact) mass is 665 g/mol. The van der Waals surface area contributed by atoms with Crippen molar-refractivity contribution in [2.45, 2.75) is 57.4 Å². The number of alkyl halides is 3. The topological polar surface area (TPSA) is 176 Å². The molecule has 0 unspecified atom stereocenters. The van der Waals surface area contributed by atoms with Gasteiger partial charge in [-0.15, -0.1) is 0 Å². The summed E-state index contributed by atoms with van der Waals surface area (Å²) in [5.74, 6) is -2.74. The zero-order valence-corrected chi connectivity index (χ0v) is 26.1. The highest BCUT2D eigenvalue weighted by atomic mass is 32.2. The van der Waals surface area contributed by atoms with Gasteiger partial charge >= 0.3 is 12.1 Å². The van der Waals surface area contributed by atoms with E-state index in [0.29, 0.717) is 46.0 Å². The van der Waals surface area contributed by atoms with Crippen molar-refractivity contribution in [3.05, 3.63) is 47.7 Å². The average molecular weight is 666 g/mol. The number of fused-ring (bicyclic) bond motifs is 2. The Kier molecular flexibility index (Phi) is 9.23. The van der Waals surface area contributed by atoms with Crippen LogP contribution in [0.4, 0.5) is 24.7 Å². The fourth-order valence-electron chi connectivity index (χ4n) is 5.30. The molecule has 46 heavy (non-hydrogen) atoms. The Morgan fingerprint density at radius 1 is 1.04 bits per heavy atom. The SMILES string of the molecule is Cc1cn2cc(NC(=O)c3ccc(N4CCC(NC5CC5)CC4)c4cn(C)nc34)nc2c(CNS(C)(=O)=O)n1.O=C(O)C(F)(F)F. The number of carbonyl (C=O) groups excluding carboxylic acids is 1. The third kappa shape index (κ3) is 8.10. The van der Waals surface area contributed by atoms with Crippen LogP contribution in [0.1, 0.15) is 47.4 Å². The number of carboxylic acid groups (broad SMARTS) is 1. The molecule has 0 radical (unpaired) electrons. The summed E-state index contributed by atoms with van der Waals surface area (Å²) in [5.41, 5.74) is 3.83. The van der Waals surface area contributed by atoms with Crippen LogP contribution in [0.25, 0.3) is 16.6 Å². The molecule has 14 nitrogen and oxygen atoms in total. The first-order valence-electron chi connectivity index (χ1n) is 14.5. The summed E-state index contributed by atoms with van der Waals surface area (Å²) in [6.45, 7) is 3.74. The number of amides is 1. The smallest absolute Gasteiger partial charge is 0.475 e. The van der Waals surface area contributed by atoms with Crippen molar-refractivity contribution in [3.63, 3.8) is 0 Å². The van der Waals surface area contributed by atoms with Crippen molar-refractivity contribution in [1.82, 2.24) is 34.2 Å². The molecule has 18 heteroatoms. The van der Waals surface area contributed by atoms with Crippen LogP contribution in [-0.2, 0) is 28.4 Å². The maximum Gasteiger partial charge on any atom is 0.490 e. The molecule has 0 atom stereocenters. The molecule has 1 aliphatic carbocycles. The van der Waals surface area contributed by atoms with Crippen LogP contribution in [0.5, 0.6) is 0 Å². The average Bonchev–Trinajstić information content (AvgIpc) is 3.55. The standard InChI is InChI=1S/C26H33N9O3S.C2HF3O2/c1-16-13-35-15-23(30-25(35)21(28-16)12-27-39(3,37)38)31-26(36)19-6-7-22(20-14-33(2)32-24(19)20)34-10-8-18(9-11-34)29-17-4-5-17;3-2(4,5)1(6)7/h6-7,13-15,17-18,27,29H,4-5,8-12H2,1-3H3,(H,31,36);(H,6,7). The number of anilines is 2. The number of carbonyl (C=O) groups is 2. The molecular weight excluding hydrogens is 631 g/mol. The number of imidazole rings is 1. The Balaban J connectivity index is 0.000000537. The second-order valence-electron chi connectivity index (χ2n) is 11.4. The first-order chi connectivity index (χ1) is 21.6. The van der Waals surface area contributed by atoms with Gasteiger partial charge in [0.1, 0.15) is 5.52 Å². The largest absolute Gasteiger partial charge is 0.490 e. The van der Waals surface area contributed by atoms with E-state index in [0.717, 1.165) is 43.3 Å². The molecule has 248 valence electrons. The summed E-state index contributed by atoms with van der Waals surface area (Å²) >= 11 is 0. The van der Waals surface area contributed by atoms with Crippen LogP contribution in [0, 0.1) is 6.92 Å². The molecule has 6 rings (SSSR count). The normalized spacial score (nSPS) is 16.0. The molecule has 3 aromatic heterocycles. The summed E-state index contributed by atoms with van der Waals surface area (Å²) in [7, 11) is -1.54. The quantitative estimate of drug-likeness (QED) is 0.219. The van der Waals surface area contributed by atoms with E-state index in [1.807, 2.05) is 32.3 Å². The predicted molar refractivity (Wildman–Crippen MR) is 163 cm³/mol. The van der Waals surface area contributed by atoms with Gasteiger partial charge in [0.15, 0.2) is 11.5 Å². The van der Waals surface area contributed by atoms with Gasteiger partial charge in [-0.05, 0) is 44.7 Å². The Morgan fingerprint density at radius 3 is 2.30 bits per heavy atom. The fraction of sp³-hybridized carbons (Fsp3) is 0.464. The number of carboxylic acids is 1. The van der Waals surface area contributed by atoms with Crippen LogP contribution in [0.2, 0.25) is 0 Å². The summed E-state index contributed by atoms with van der Waals surface area (Å²) in [6, 6.07) is 5.14. The molecule has 1 saturated heterocycles. The van der Waals surface area contributed by atoms with Gasteiger partial charge in [0.25, 0.3) is 5.91 Å². The zero-order valence-electron chi connectivity index (χ0n) is 25.3. The van der Waals surface area contributed by atoms with Gasteiger partial charge in [0.2, 0.25) is 10.0 Å². The molecule has 1 aromatic carbocycles. The van der Waals surface area contributed by atoms with Crippen LogP contribution < -0.4 is 20.3 Å². The lowest BCUT2D eigenvalue weighted by Crippen LogP contribution is -2.43. The number of benzene rings is 1. The number of nitrogens with one attached hydrogen (secondary N) is 3. The van der Waals surface area contributed by atoms with Gasteiger partial charge in [-0.3, -0.25) is 14.5 Å². The van der Waals surface area contributed by atoms with E-state index in [2.05, 4.69) is 35.3 Å². The Bertz CT molecular complexity index is 1880. The number of hydrogen-bond donors (Lipinski definition) is 4. The second-order valence-corrected chi connectivity index (χ2v) is 13.3. The van der Waals surface area contributed by atoms with Gasteiger partial charge in [0, 0.05) is 55.7 Å². The lowest BCUT2D eigenvalue weighted by Gasteiger charge is -2.34. The number of hydrogen-bond acceptors (Lipinski definition) is 9. The van der Waals surface area contributed by atoms with Crippen molar-refractivity contribution >= 4 is 50.0 Å². The highest BCUT2D eigenvalue weighted by Crippen LogP contribution is 2.32. The van der Waals surface area contributed by atoms with Crippen LogP contribution >= 0.6 is 0 Å². The number of aryl methyl sites for hydroxylation is 2. The minimum absolute atomic E-state index is 0.00166. The van der Waals surface area contributed by atoms with Crippen molar-refractivity contribution in [3.8, 4) is 0 Å². The summed E-state index contributed by atoms with van der Waals surface area (Å²) < 4.78 is 60.8. The molecular formula is C28H34F3N9O5S. The molecule has 1 aliphatic heterocycles. The maximum absolute atomic E-state index is 13.4. The lowest BCUT2D eigenvalue weighted by atomic mass is 10.0. The Labute approximate surface area is 262 Å². The maximum atomic E-state index is 13.4. The zero-order chi connectivity index (χ0) is 33.4. The van der Waals surface area contributed by atoms with E-state index in [1.54, 1.807) is 21.5 Å². The van der Waals surface area contributed by atoms with E-state index in [-0.39, 0.29) is 12.5 Å². The van der Waals surface area contributed by atoms with Crippen molar-refractivity contribution in [2.75, 3.05) is 29.6 Å². The number of piperidine rings is 1. The Morgan fingerprint density at radius 2 is 1.70 bits per heavy atom. The predicted octanol–water partition coefficient (Wildman–Crippen LogP) is 2.58. The highest BCUT2D eigenvalue weighted by molar-refractivity contribution is 7.88. The first-order valence-corrected chi connectivity index (χ1v) is 16.3. The van der Waals surface area contributed by atoms with E-state index in [4.69, 9.17) is 9.90 Å². The molecule has 4 aromatic rings. The first kappa shape index (κ1) is 33.1. The van der Waals surface area contributed by atoms with Crippen LogP contribution in [-0.4, -0.2) is 87.2 Å². The molecule has 0 bridgehead atoms. The lowest BCUT2D eigenvalue weighted by molar-refractivity contribution is -0.192. The number of nitrogens with zero attached hydrogens (tertiary/aromatic N) is 6. The highest BCUT2D eigenvalue weighted by Gasteiger charge is 2.38. The minimum Gasteiger partial charge on any atom is -0.475 e. The van der Waals surface area contributed by atoms with Gasteiger partial charge in [0.05, 0.1) is 35.9 Å². The Hall–Kier alpha value is -4.29. The van der Waals surface area contributed by atoms with Gasteiger partial charge in [-0.1, -0.05) is 0 Å². The molecule has 2 aliphatic rings. The third-order valence-electron chi connectivity index (χ3n) is 7.51. The number of aliphatic carboxylic acids is 1. The number of sulfonamides is 1. The summed E-state index contributed by atoms with van der Waals surface area (Å²) in [5, 5.41) is 19.3. The van der Waals surface area contributed by atoms with Crippen LogP contribution in [0.15, 0.2) is 30.7 Å². The number of rotatable bonds is 8. The van der Waals surface area contributed by atoms with Gasteiger partial charge in [-0.2, -0.15) is 18.3 Å². The molecule has 2 fully saturated rings. The molecule has 4 N–H and O–H groups in total. The van der Waals surface area contributed by atoms with Gasteiger partial charge in [-0.25, -0.2) is 22.9 Å². The molecule has 1 saturated carbocycles. The number of aromatic nitrogens is 5. The van der Waals surface area contributed by atoms with Crippen molar-refractivity contribution < 1.29 is 36.3 Å². The van der Waals surface area contributed by atoms with Crippen molar-refractivity contribution in [2.24, 2.45) is 7.05 Å². The van der Waals surface area contributed by atoms with Crippen LogP contribution in [0.3, 0.4) is 0 Å². The van der Waals surface area contributed by atoms with Gasteiger partial charge < -0.3 is 25.0 Å². The van der Waals surface area contributed by atoms with E-state index in [9.17, 15) is 26.4 Å². The minimum atomic E-state index is -5.08. The second kappa shape index (κ2) is 12.8.